The Morgan fingerprint density at radius 1 is 1.38 bits per heavy atom. The summed E-state index contributed by atoms with van der Waals surface area (Å²) in [7, 11) is 1.83. The summed E-state index contributed by atoms with van der Waals surface area (Å²) in [6.07, 6.45) is 3.51. The van der Waals surface area contributed by atoms with Crippen LogP contribution < -0.4 is 15.2 Å². The number of hydrogen-bond donors (Lipinski definition) is 1. The number of aryl methyl sites for hydroxylation is 1. The van der Waals surface area contributed by atoms with Gasteiger partial charge in [0.2, 0.25) is 0 Å². The van der Waals surface area contributed by atoms with Gasteiger partial charge in [0, 0.05) is 34.6 Å². The minimum atomic E-state index is 0.639. The van der Waals surface area contributed by atoms with Crippen LogP contribution in [0.25, 0.3) is 11.1 Å². The molecule has 0 fully saturated rings. The SMILES string of the molecule is CCc1c2c(cc(Br)c1-c1cnn(C)c1N)OCCCO2. The van der Waals surface area contributed by atoms with Crippen molar-refractivity contribution in [2.24, 2.45) is 7.05 Å². The second-order valence-electron chi connectivity index (χ2n) is 5.01. The van der Waals surface area contributed by atoms with Crippen molar-refractivity contribution in [3.05, 3.63) is 22.3 Å². The van der Waals surface area contributed by atoms with Crippen molar-refractivity contribution in [2.75, 3.05) is 18.9 Å². The lowest BCUT2D eigenvalue weighted by Gasteiger charge is -2.17. The average Bonchev–Trinajstić information content (AvgIpc) is 2.68. The Morgan fingerprint density at radius 2 is 2.14 bits per heavy atom. The van der Waals surface area contributed by atoms with E-state index >= 15 is 0 Å². The van der Waals surface area contributed by atoms with Crippen LogP contribution in [0.3, 0.4) is 0 Å². The molecule has 0 aliphatic carbocycles. The minimum Gasteiger partial charge on any atom is -0.490 e. The van der Waals surface area contributed by atoms with Crippen LogP contribution in [-0.4, -0.2) is 23.0 Å². The normalized spacial score (nSPS) is 14.0. The molecule has 0 bridgehead atoms. The van der Waals surface area contributed by atoms with Gasteiger partial charge in [-0.15, -0.1) is 0 Å². The van der Waals surface area contributed by atoms with Crippen molar-refractivity contribution in [1.29, 1.82) is 0 Å². The standard InChI is InChI=1S/C15H18BrN3O2/c1-3-9-13(10-8-18-19(2)15(10)17)11(16)7-12-14(9)21-6-4-5-20-12/h7-8H,3-6,17H2,1-2H3. The van der Waals surface area contributed by atoms with E-state index in [4.69, 9.17) is 15.2 Å². The van der Waals surface area contributed by atoms with Gasteiger partial charge in [-0.3, -0.25) is 4.68 Å². The van der Waals surface area contributed by atoms with Gasteiger partial charge in [-0.25, -0.2) is 0 Å². The molecule has 0 radical (unpaired) electrons. The fourth-order valence-corrected chi connectivity index (χ4v) is 3.27. The lowest BCUT2D eigenvalue weighted by Crippen LogP contribution is -2.02. The molecule has 1 aromatic heterocycles. The van der Waals surface area contributed by atoms with Crippen molar-refractivity contribution in [2.45, 2.75) is 19.8 Å². The van der Waals surface area contributed by atoms with Crippen molar-refractivity contribution < 1.29 is 9.47 Å². The quantitative estimate of drug-likeness (QED) is 0.902. The molecule has 5 nitrogen and oxygen atoms in total. The first-order chi connectivity index (χ1) is 10.1. The predicted octanol–water partition coefficient (Wildman–Crippen LogP) is 3.16. The summed E-state index contributed by atoms with van der Waals surface area (Å²) >= 11 is 3.64. The fourth-order valence-electron chi connectivity index (χ4n) is 2.61. The van der Waals surface area contributed by atoms with Crippen LogP contribution in [0.15, 0.2) is 16.7 Å². The van der Waals surface area contributed by atoms with Crippen LogP contribution in [0.2, 0.25) is 0 Å². The maximum Gasteiger partial charge on any atom is 0.165 e. The van der Waals surface area contributed by atoms with Crippen LogP contribution in [0.1, 0.15) is 18.9 Å². The molecule has 2 aromatic rings. The summed E-state index contributed by atoms with van der Waals surface area (Å²) in [5.74, 6) is 2.26. The third kappa shape index (κ3) is 2.37. The maximum atomic E-state index is 6.14. The van der Waals surface area contributed by atoms with Gasteiger partial charge in [0.25, 0.3) is 0 Å². The van der Waals surface area contributed by atoms with Gasteiger partial charge in [0.1, 0.15) is 5.82 Å². The number of benzene rings is 1. The van der Waals surface area contributed by atoms with E-state index in [1.807, 2.05) is 13.1 Å². The third-order valence-electron chi connectivity index (χ3n) is 3.70. The number of nitrogen functional groups attached to an aromatic ring is 1. The average molecular weight is 352 g/mol. The molecule has 0 amide bonds. The van der Waals surface area contributed by atoms with E-state index in [0.717, 1.165) is 45.5 Å². The number of nitrogens with two attached hydrogens (primary N) is 1. The highest BCUT2D eigenvalue weighted by Gasteiger charge is 2.23. The van der Waals surface area contributed by atoms with Crippen LogP contribution in [0.4, 0.5) is 5.82 Å². The molecular formula is C15H18BrN3O2. The Hall–Kier alpha value is -1.69. The van der Waals surface area contributed by atoms with E-state index in [1.165, 1.54) is 0 Å². The molecule has 21 heavy (non-hydrogen) atoms. The molecule has 0 atom stereocenters. The second kappa shape index (κ2) is 5.60. The summed E-state index contributed by atoms with van der Waals surface area (Å²) in [6, 6.07) is 1.96. The summed E-state index contributed by atoms with van der Waals surface area (Å²) in [4.78, 5) is 0. The number of anilines is 1. The lowest BCUT2D eigenvalue weighted by molar-refractivity contribution is 0.296. The molecule has 0 saturated heterocycles. The molecule has 6 heteroatoms. The Kier molecular flexibility index (Phi) is 3.80. The van der Waals surface area contributed by atoms with Crippen molar-refractivity contribution >= 4 is 21.7 Å². The third-order valence-corrected chi connectivity index (χ3v) is 4.32. The second-order valence-corrected chi connectivity index (χ2v) is 5.86. The maximum absolute atomic E-state index is 6.14. The van der Waals surface area contributed by atoms with E-state index in [2.05, 4.69) is 28.0 Å². The molecule has 0 spiro atoms. The van der Waals surface area contributed by atoms with Crippen LogP contribution in [0.5, 0.6) is 11.5 Å². The number of rotatable bonds is 2. The van der Waals surface area contributed by atoms with Gasteiger partial charge in [-0.1, -0.05) is 6.92 Å². The molecule has 112 valence electrons. The monoisotopic (exact) mass is 351 g/mol. The molecule has 1 aliphatic heterocycles. The first kappa shape index (κ1) is 14.3. The van der Waals surface area contributed by atoms with Gasteiger partial charge in [-0.2, -0.15) is 5.10 Å². The summed E-state index contributed by atoms with van der Waals surface area (Å²) in [5.41, 5.74) is 9.19. The first-order valence-corrected chi connectivity index (χ1v) is 7.81. The smallest absolute Gasteiger partial charge is 0.165 e. The summed E-state index contributed by atoms with van der Waals surface area (Å²) in [5, 5.41) is 4.24. The minimum absolute atomic E-state index is 0.639. The molecule has 2 N–H and O–H groups in total. The largest absolute Gasteiger partial charge is 0.490 e. The molecule has 0 saturated carbocycles. The van der Waals surface area contributed by atoms with Crippen LogP contribution in [0, 0.1) is 0 Å². The number of fused-ring (bicyclic) bond motifs is 1. The molecule has 1 aliphatic rings. The van der Waals surface area contributed by atoms with Crippen molar-refractivity contribution in [1.82, 2.24) is 9.78 Å². The number of aromatic nitrogens is 2. The zero-order valence-corrected chi connectivity index (χ0v) is 13.7. The highest BCUT2D eigenvalue weighted by atomic mass is 79.9. The van der Waals surface area contributed by atoms with Gasteiger partial charge in [0.05, 0.1) is 19.4 Å². The molecular weight excluding hydrogens is 334 g/mol. The molecule has 2 heterocycles. The van der Waals surface area contributed by atoms with E-state index in [0.29, 0.717) is 19.0 Å². The van der Waals surface area contributed by atoms with E-state index in [1.54, 1.807) is 10.9 Å². The zero-order valence-electron chi connectivity index (χ0n) is 12.1. The van der Waals surface area contributed by atoms with Gasteiger partial charge in [-0.05, 0) is 28.4 Å². The van der Waals surface area contributed by atoms with Gasteiger partial charge >= 0.3 is 0 Å². The molecule has 0 unspecified atom stereocenters. The van der Waals surface area contributed by atoms with Crippen molar-refractivity contribution in [3.63, 3.8) is 0 Å². The zero-order chi connectivity index (χ0) is 15.0. The van der Waals surface area contributed by atoms with Crippen LogP contribution in [-0.2, 0) is 13.5 Å². The Morgan fingerprint density at radius 3 is 2.81 bits per heavy atom. The van der Waals surface area contributed by atoms with E-state index < -0.39 is 0 Å². The van der Waals surface area contributed by atoms with E-state index in [-0.39, 0.29) is 0 Å². The highest BCUT2D eigenvalue weighted by molar-refractivity contribution is 9.10. The first-order valence-electron chi connectivity index (χ1n) is 7.02. The molecule has 3 rings (SSSR count). The number of halogens is 1. The fraction of sp³-hybridized carbons (Fsp3) is 0.400. The topological polar surface area (TPSA) is 62.3 Å². The van der Waals surface area contributed by atoms with Crippen LogP contribution >= 0.6 is 15.9 Å². The summed E-state index contributed by atoms with van der Waals surface area (Å²) < 4.78 is 14.3. The number of ether oxygens (including phenoxy) is 2. The van der Waals surface area contributed by atoms with Crippen molar-refractivity contribution in [3.8, 4) is 22.6 Å². The Bertz CT molecular complexity index is 682. The van der Waals surface area contributed by atoms with E-state index in [9.17, 15) is 0 Å². The molecule has 1 aromatic carbocycles. The predicted molar refractivity (Wildman–Crippen MR) is 85.7 cm³/mol. The highest BCUT2D eigenvalue weighted by Crippen LogP contribution is 2.45. The number of hydrogen-bond acceptors (Lipinski definition) is 4. The Balaban J connectivity index is 2.25. The van der Waals surface area contributed by atoms with Gasteiger partial charge in [0.15, 0.2) is 11.5 Å². The lowest BCUT2D eigenvalue weighted by atomic mass is 9.98. The van der Waals surface area contributed by atoms with Gasteiger partial charge < -0.3 is 15.2 Å². The number of nitrogens with zero attached hydrogens (tertiary/aromatic N) is 2. The summed E-state index contributed by atoms with van der Waals surface area (Å²) in [6.45, 7) is 3.45. The Labute approximate surface area is 132 Å².